The van der Waals surface area contributed by atoms with Crippen molar-refractivity contribution in [3.05, 3.63) is 35.9 Å². The van der Waals surface area contributed by atoms with Crippen LogP contribution in [0.15, 0.2) is 30.3 Å². The molecule has 0 spiro atoms. The number of carbonyl (C=O) groups is 1. The van der Waals surface area contributed by atoms with E-state index in [0.29, 0.717) is 6.42 Å². The van der Waals surface area contributed by atoms with Gasteiger partial charge in [-0.1, -0.05) is 30.3 Å². The van der Waals surface area contributed by atoms with Gasteiger partial charge >= 0.3 is 0 Å². The molecule has 1 fully saturated rings. The summed E-state index contributed by atoms with van der Waals surface area (Å²) in [6, 6.07) is 9.64. The maximum atomic E-state index is 12.3. The fraction of sp³-hybridized carbons (Fsp3) is 0.533. The molecule has 2 rings (SSSR count). The second-order valence-electron chi connectivity index (χ2n) is 5.68. The van der Waals surface area contributed by atoms with E-state index in [-0.39, 0.29) is 17.5 Å². The molecule has 0 radical (unpaired) electrons. The lowest BCUT2D eigenvalue weighted by atomic mass is 10.00. The van der Waals surface area contributed by atoms with Crippen LogP contribution < -0.4 is 5.73 Å². The van der Waals surface area contributed by atoms with Gasteiger partial charge in [0.25, 0.3) is 0 Å². The van der Waals surface area contributed by atoms with Crippen LogP contribution in [0.2, 0.25) is 0 Å². The Hall–Kier alpha value is -1.35. The highest BCUT2D eigenvalue weighted by molar-refractivity contribution is 5.78. The van der Waals surface area contributed by atoms with Gasteiger partial charge < -0.3 is 10.6 Å². The van der Waals surface area contributed by atoms with Gasteiger partial charge in [0.15, 0.2) is 0 Å². The first-order valence-corrected chi connectivity index (χ1v) is 6.62. The molecular weight excluding hydrogens is 224 g/mol. The van der Waals surface area contributed by atoms with Crippen molar-refractivity contribution in [3.63, 3.8) is 0 Å². The Morgan fingerprint density at radius 1 is 1.39 bits per heavy atom. The lowest BCUT2D eigenvalue weighted by Gasteiger charge is -2.32. The van der Waals surface area contributed by atoms with E-state index in [2.05, 4.69) is 13.8 Å². The molecule has 0 saturated carbocycles. The number of likely N-dealkylation sites (tertiary alicyclic amines) is 1. The first-order valence-electron chi connectivity index (χ1n) is 6.62. The number of carbonyl (C=O) groups excluding carboxylic acids is 1. The Bertz CT molecular complexity index is 414. The lowest BCUT2D eigenvalue weighted by molar-refractivity contribution is -0.134. The molecule has 3 nitrogen and oxygen atoms in total. The smallest absolute Gasteiger partial charge is 0.224 e. The molecule has 1 aliphatic rings. The molecule has 0 aromatic heterocycles. The molecule has 1 amide bonds. The van der Waals surface area contributed by atoms with Crippen molar-refractivity contribution in [2.24, 2.45) is 5.73 Å². The van der Waals surface area contributed by atoms with Crippen molar-refractivity contribution in [2.45, 2.75) is 44.7 Å². The van der Waals surface area contributed by atoms with Crippen LogP contribution in [-0.4, -0.2) is 22.9 Å². The minimum Gasteiger partial charge on any atom is -0.338 e. The number of hydrogen-bond donors (Lipinski definition) is 1. The molecular formula is C15H22N2O. The summed E-state index contributed by atoms with van der Waals surface area (Å²) < 4.78 is 0. The van der Waals surface area contributed by atoms with Gasteiger partial charge in [-0.3, -0.25) is 4.79 Å². The van der Waals surface area contributed by atoms with E-state index in [1.807, 2.05) is 35.2 Å². The van der Waals surface area contributed by atoms with Crippen molar-refractivity contribution in [1.29, 1.82) is 0 Å². The molecule has 1 saturated heterocycles. The fourth-order valence-corrected chi connectivity index (χ4v) is 2.69. The summed E-state index contributed by atoms with van der Waals surface area (Å²) in [7, 11) is 0. The monoisotopic (exact) mass is 246 g/mol. The predicted molar refractivity (Wildman–Crippen MR) is 73.0 cm³/mol. The van der Waals surface area contributed by atoms with Crippen LogP contribution in [0.1, 0.15) is 44.7 Å². The predicted octanol–water partition coefficient (Wildman–Crippen LogP) is 2.48. The van der Waals surface area contributed by atoms with Gasteiger partial charge in [-0.15, -0.1) is 0 Å². The molecule has 18 heavy (non-hydrogen) atoms. The van der Waals surface area contributed by atoms with E-state index in [4.69, 9.17) is 5.73 Å². The minimum absolute atomic E-state index is 0.00646. The molecule has 0 bridgehead atoms. The number of nitrogens with two attached hydrogens (primary N) is 1. The Balaban J connectivity index is 2.00. The van der Waals surface area contributed by atoms with Gasteiger partial charge in [0.1, 0.15) is 0 Å². The van der Waals surface area contributed by atoms with Crippen LogP contribution in [0.5, 0.6) is 0 Å². The second-order valence-corrected chi connectivity index (χ2v) is 5.68. The van der Waals surface area contributed by atoms with Crippen molar-refractivity contribution in [3.8, 4) is 0 Å². The summed E-state index contributed by atoms with van der Waals surface area (Å²) in [6.45, 7) is 5.13. The number of hydrogen-bond acceptors (Lipinski definition) is 2. The molecule has 0 aliphatic carbocycles. The molecule has 1 unspecified atom stereocenters. The Morgan fingerprint density at radius 2 is 2.06 bits per heavy atom. The first kappa shape index (κ1) is 13.1. The third-order valence-electron chi connectivity index (χ3n) is 3.82. The van der Waals surface area contributed by atoms with Crippen LogP contribution in [-0.2, 0) is 4.79 Å². The highest BCUT2D eigenvalue weighted by atomic mass is 16.2. The zero-order valence-corrected chi connectivity index (χ0v) is 11.2. The number of rotatable bonds is 3. The van der Waals surface area contributed by atoms with Gasteiger partial charge in [0.05, 0.1) is 0 Å². The maximum absolute atomic E-state index is 12.3. The highest BCUT2D eigenvalue weighted by Gasteiger charge is 2.35. The minimum atomic E-state index is -0.199. The van der Waals surface area contributed by atoms with Crippen LogP contribution in [0.4, 0.5) is 0 Å². The van der Waals surface area contributed by atoms with E-state index in [0.717, 1.165) is 24.9 Å². The van der Waals surface area contributed by atoms with E-state index >= 15 is 0 Å². The average molecular weight is 246 g/mol. The van der Waals surface area contributed by atoms with Crippen LogP contribution in [0.25, 0.3) is 0 Å². The lowest BCUT2D eigenvalue weighted by Crippen LogP contribution is -2.43. The van der Waals surface area contributed by atoms with Gasteiger partial charge in [-0.2, -0.15) is 0 Å². The summed E-state index contributed by atoms with van der Waals surface area (Å²) in [5.74, 6) is 0.175. The molecule has 1 heterocycles. The van der Waals surface area contributed by atoms with Crippen molar-refractivity contribution in [1.82, 2.24) is 4.90 Å². The number of amides is 1. The topological polar surface area (TPSA) is 46.3 Å². The summed E-state index contributed by atoms with van der Waals surface area (Å²) in [5, 5.41) is 0. The van der Waals surface area contributed by atoms with E-state index in [1.54, 1.807) is 0 Å². The third-order valence-corrected chi connectivity index (χ3v) is 3.82. The van der Waals surface area contributed by atoms with Crippen molar-refractivity contribution >= 4 is 5.91 Å². The molecule has 1 atom stereocenters. The molecule has 1 aliphatic heterocycles. The summed E-state index contributed by atoms with van der Waals surface area (Å²) in [5.41, 5.74) is 7.13. The Kier molecular flexibility index (Phi) is 3.71. The quantitative estimate of drug-likeness (QED) is 0.890. The SMILES string of the molecule is CC1(C)CCCN1C(=O)CC(N)c1ccccc1. The summed E-state index contributed by atoms with van der Waals surface area (Å²) >= 11 is 0. The normalized spacial score (nSPS) is 19.8. The fourth-order valence-electron chi connectivity index (χ4n) is 2.69. The Morgan fingerprint density at radius 3 is 2.61 bits per heavy atom. The molecule has 1 aromatic rings. The molecule has 2 N–H and O–H groups in total. The van der Waals surface area contributed by atoms with Crippen LogP contribution >= 0.6 is 0 Å². The van der Waals surface area contributed by atoms with Crippen molar-refractivity contribution in [2.75, 3.05) is 6.54 Å². The van der Waals surface area contributed by atoms with Crippen LogP contribution in [0, 0.1) is 0 Å². The van der Waals surface area contributed by atoms with Gasteiger partial charge in [-0.25, -0.2) is 0 Å². The van der Waals surface area contributed by atoms with Crippen molar-refractivity contribution < 1.29 is 4.79 Å². The average Bonchev–Trinajstić information content (AvgIpc) is 2.70. The maximum Gasteiger partial charge on any atom is 0.224 e. The summed E-state index contributed by atoms with van der Waals surface area (Å²) in [6.07, 6.45) is 2.58. The molecule has 3 heteroatoms. The Labute approximate surface area is 109 Å². The number of benzene rings is 1. The van der Waals surface area contributed by atoms with Crippen LogP contribution in [0.3, 0.4) is 0 Å². The van der Waals surface area contributed by atoms with E-state index < -0.39 is 0 Å². The zero-order chi connectivity index (χ0) is 13.2. The van der Waals surface area contributed by atoms with Gasteiger partial charge in [0, 0.05) is 24.5 Å². The van der Waals surface area contributed by atoms with E-state index in [1.165, 1.54) is 0 Å². The van der Waals surface area contributed by atoms with E-state index in [9.17, 15) is 4.79 Å². The van der Waals surface area contributed by atoms with Gasteiger partial charge in [0.2, 0.25) is 5.91 Å². The molecule has 1 aromatic carbocycles. The second kappa shape index (κ2) is 5.11. The first-order chi connectivity index (χ1) is 8.50. The standard InChI is InChI=1S/C15H22N2O/c1-15(2)9-6-10-17(15)14(18)11-13(16)12-7-4-3-5-8-12/h3-5,7-8,13H,6,9-11,16H2,1-2H3. The third kappa shape index (κ3) is 2.72. The zero-order valence-electron chi connectivity index (χ0n) is 11.2. The summed E-state index contributed by atoms with van der Waals surface area (Å²) in [4.78, 5) is 14.3. The largest absolute Gasteiger partial charge is 0.338 e. The highest BCUT2D eigenvalue weighted by Crippen LogP contribution is 2.29. The van der Waals surface area contributed by atoms with Gasteiger partial charge in [-0.05, 0) is 32.3 Å². The molecule has 98 valence electrons. The number of nitrogens with zero attached hydrogens (tertiary/aromatic N) is 1.